The van der Waals surface area contributed by atoms with E-state index in [-0.39, 0.29) is 16.7 Å². The Labute approximate surface area is 409 Å². The Morgan fingerprint density at radius 2 is 0.757 bits per heavy atom. The third-order valence-electron chi connectivity index (χ3n) is 16.2. The van der Waals surface area contributed by atoms with Crippen molar-refractivity contribution in [2.45, 2.75) is 44.4 Å². The van der Waals surface area contributed by atoms with Gasteiger partial charge in [-0.2, -0.15) is 0 Å². The van der Waals surface area contributed by atoms with E-state index in [0.29, 0.717) is 0 Å². The first-order valence-corrected chi connectivity index (χ1v) is 24.8. The summed E-state index contributed by atoms with van der Waals surface area (Å²) in [5, 5.41) is 7.21. The van der Waals surface area contributed by atoms with E-state index in [4.69, 9.17) is 4.42 Å². The summed E-state index contributed by atoms with van der Waals surface area (Å²) in [4.78, 5) is 0. The molecular weight excluding hydrogens is 845 g/mol. The Hall–Kier alpha value is -8.26. The second-order valence-electron chi connectivity index (χ2n) is 20.8. The van der Waals surface area contributed by atoms with Gasteiger partial charge in [0.2, 0.25) is 0 Å². The van der Waals surface area contributed by atoms with Crippen LogP contribution in [0, 0.1) is 0 Å². The Kier molecular flexibility index (Phi) is 8.81. The molecule has 12 aromatic rings. The van der Waals surface area contributed by atoms with Crippen LogP contribution in [-0.2, 0) is 10.8 Å². The minimum absolute atomic E-state index is 0.0161. The first-order chi connectivity index (χ1) is 34.2. The van der Waals surface area contributed by atoms with E-state index in [1.165, 1.54) is 116 Å². The van der Waals surface area contributed by atoms with Gasteiger partial charge in [0.25, 0.3) is 0 Å². The number of hydrogen-bond acceptors (Lipinski definition) is 1. The van der Waals surface area contributed by atoms with Crippen molar-refractivity contribution in [3.63, 3.8) is 0 Å². The van der Waals surface area contributed by atoms with Gasteiger partial charge < -0.3 is 4.42 Å². The van der Waals surface area contributed by atoms with Gasteiger partial charge in [0.1, 0.15) is 11.2 Å². The summed E-state index contributed by atoms with van der Waals surface area (Å²) in [7, 11) is 0. The highest BCUT2D eigenvalue weighted by Gasteiger charge is 2.39. The third-order valence-corrected chi connectivity index (χ3v) is 16.2. The number of hydrogen-bond donors (Lipinski definition) is 0. The van der Waals surface area contributed by atoms with Crippen LogP contribution in [0.5, 0.6) is 0 Å². The lowest BCUT2D eigenvalue weighted by molar-refractivity contribution is 0.657. The maximum Gasteiger partial charge on any atom is 0.143 e. The van der Waals surface area contributed by atoms with Gasteiger partial charge in [-0.25, -0.2) is 0 Å². The monoisotopic (exact) mass is 894 g/mol. The molecule has 1 nitrogen and oxygen atoms in total. The van der Waals surface area contributed by atoms with Gasteiger partial charge in [0.15, 0.2) is 0 Å². The molecule has 332 valence electrons. The van der Waals surface area contributed by atoms with Gasteiger partial charge in [-0.1, -0.05) is 228 Å². The van der Waals surface area contributed by atoms with Crippen molar-refractivity contribution in [3.8, 4) is 55.6 Å². The summed E-state index contributed by atoms with van der Waals surface area (Å²) in [5.74, 6) is -0.0161. The van der Waals surface area contributed by atoms with Gasteiger partial charge in [0, 0.05) is 33.1 Å². The maximum absolute atomic E-state index is 6.91. The van der Waals surface area contributed by atoms with Crippen molar-refractivity contribution in [3.05, 3.63) is 263 Å². The molecule has 11 aromatic carbocycles. The molecule has 0 atom stereocenters. The van der Waals surface area contributed by atoms with Crippen LogP contribution < -0.4 is 0 Å². The van der Waals surface area contributed by atoms with E-state index >= 15 is 0 Å². The smallest absolute Gasteiger partial charge is 0.143 e. The molecule has 0 unspecified atom stereocenters. The van der Waals surface area contributed by atoms with Crippen molar-refractivity contribution >= 4 is 43.5 Å². The topological polar surface area (TPSA) is 13.1 Å². The lowest BCUT2D eigenvalue weighted by Crippen LogP contribution is -2.17. The molecule has 0 N–H and O–H groups in total. The molecular formula is C69H50O. The van der Waals surface area contributed by atoms with Gasteiger partial charge in [-0.15, -0.1) is 0 Å². The lowest BCUT2D eigenvalue weighted by atomic mass is 9.77. The minimum atomic E-state index is -0.183. The number of rotatable bonds is 6. The Morgan fingerprint density at radius 3 is 1.31 bits per heavy atom. The van der Waals surface area contributed by atoms with Crippen molar-refractivity contribution in [2.75, 3.05) is 0 Å². The molecule has 0 fully saturated rings. The Balaban J connectivity index is 0.923. The van der Waals surface area contributed by atoms with Crippen LogP contribution in [0.3, 0.4) is 0 Å². The standard InChI is InChI=1S/C69H50O/c1-68(2)59-38-47(42-15-7-5-8-16-42)27-32-54(59)56-34-29-50(40-61(56)68)64(51-30-35-57-55-33-28-48(43-17-9-6-10-18-43)39-60(55)69(3,4)62(57)41-51)46-25-23-45(24-26-46)58-37-49-20-12-14-22-53(49)66-65-52-21-13-11-19-44(52)31-36-63(65)70-67(58)66/h5-41,64H,1-4H3. The zero-order valence-electron chi connectivity index (χ0n) is 39.8. The van der Waals surface area contributed by atoms with Crippen molar-refractivity contribution in [2.24, 2.45) is 0 Å². The fourth-order valence-corrected chi connectivity index (χ4v) is 12.5. The van der Waals surface area contributed by atoms with Gasteiger partial charge in [-0.05, 0) is 135 Å². The highest BCUT2D eigenvalue weighted by atomic mass is 16.3. The minimum Gasteiger partial charge on any atom is -0.455 e. The first kappa shape index (κ1) is 40.8. The molecule has 2 aliphatic carbocycles. The molecule has 0 saturated heterocycles. The molecule has 1 heteroatoms. The zero-order valence-corrected chi connectivity index (χ0v) is 39.8. The van der Waals surface area contributed by atoms with E-state index in [1.807, 2.05) is 0 Å². The molecule has 0 spiro atoms. The summed E-state index contributed by atoms with van der Waals surface area (Å²) in [6, 6.07) is 83.8. The molecule has 70 heavy (non-hydrogen) atoms. The summed E-state index contributed by atoms with van der Waals surface area (Å²) in [6.45, 7) is 9.63. The normalized spacial score (nSPS) is 14.1. The molecule has 1 heterocycles. The van der Waals surface area contributed by atoms with Crippen LogP contribution in [0.4, 0.5) is 0 Å². The van der Waals surface area contributed by atoms with Crippen LogP contribution in [0.1, 0.15) is 72.6 Å². The summed E-state index contributed by atoms with van der Waals surface area (Å²) in [6.07, 6.45) is 0. The van der Waals surface area contributed by atoms with Crippen molar-refractivity contribution in [1.82, 2.24) is 0 Å². The zero-order chi connectivity index (χ0) is 46.9. The fourth-order valence-electron chi connectivity index (χ4n) is 12.5. The van der Waals surface area contributed by atoms with Crippen LogP contribution in [0.15, 0.2) is 229 Å². The van der Waals surface area contributed by atoms with Gasteiger partial charge in [0.05, 0.1) is 0 Å². The van der Waals surface area contributed by atoms with Crippen LogP contribution in [0.2, 0.25) is 0 Å². The number of benzene rings is 11. The highest BCUT2D eigenvalue weighted by molar-refractivity contribution is 6.28. The van der Waals surface area contributed by atoms with E-state index in [1.54, 1.807) is 0 Å². The molecule has 0 radical (unpaired) electrons. The number of furan rings is 1. The quantitative estimate of drug-likeness (QED) is 0.152. The molecule has 0 saturated carbocycles. The maximum atomic E-state index is 6.91. The average molecular weight is 895 g/mol. The van der Waals surface area contributed by atoms with Crippen LogP contribution in [0.25, 0.3) is 99.1 Å². The second-order valence-corrected chi connectivity index (χ2v) is 20.8. The predicted octanol–water partition coefficient (Wildman–Crippen LogP) is 18.7. The van der Waals surface area contributed by atoms with E-state index in [2.05, 4.69) is 252 Å². The van der Waals surface area contributed by atoms with Crippen molar-refractivity contribution < 1.29 is 4.42 Å². The highest BCUT2D eigenvalue weighted by Crippen LogP contribution is 2.54. The molecule has 2 aliphatic rings. The second kappa shape index (κ2) is 15.1. The summed E-state index contributed by atoms with van der Waals surface area (Å²) < 4.78 is 6.91. The molecule has 0 bridgehead atoms. The molecule has 1 aromatic heterocycles. The summed E-state index contributed by atoms with van der Waals surface area (Å²) >= 11 is 0. The van der Waals surface area contributed by atoms with Crippen molar-refractivity contribution in [1.29, 1.82) is 0 Å². The first-order valence-electron chi connectivity index (χ1n) is 24.8. The van der Waals surface area contributed by atoms with Crippen LogP contribution >= 0.6 is 0 Å². The molecule has 0 aliphatic heterocycles. The largest absolute Gasteiger partial charge is 0.455 e. The number of fused-ring (bicyclic) bond motifs is 13. The lowest BCUT2D eigenvalue weighted by Gasteiger charge is -2.26. The third kappa shape index (κ3) is 6.04. The Bertz CT molecular complexity index is 3940. The van der Waals surface area contributed by atoms with Gasteiger partial charge in [-0.3, -0.25) is 0 Å². The fraction of sp³-hybridized carbons (Fsp3) is 0.101. The van der Waals surface area contributed by atoms with E-state index in [0.717, 1.165) is 22.3 Å². The van der Waals surface area contributed by atoms with E-state index < -0.39 is 0 Å². The molecule has 0 amide bonds. The summed E-state index contributed by atoms with van der Waals surface area (Å²) in [5.41, 5.74) is 23.5. The van der Waals surface area contributed by atoms with Crippen LogP contribution in [-0.4, -0.2) is 0 Å². The average Bonchev–Trinajstić information content (AvgIpc) is 3.99. The van der Waals surface area contributed by atoms with Gasteiger partial charge >= 0.3 is 0 Å². The predicted molar refractivity (Wildman–Crippen MR) is 294 cm³/mol. The van der Waals surface area contributed by atoms with E-state index in [9.17, 15) is 0 Å². The Morgan fingerprint density at radius 1 is 0.314 bits per heavy atom. The molecule has 14 rings (SSSR count). The SMILES string of the molecule is CC1(C)c2cc(-c3ccccc3)ccc2-c2ccc(C(c3ccc(-c4cc5ccccc5c5c4oc4ccc6ccccc6c45)cc3)c3ccc4c(c3)C(C)(C)c3cc(-c5ccccc5)ccc3-4)cc21.